The quantitative estimate of drug-likeness (QED) is 0.507. The predicted octanol–water partition coefficient (Wildman–Crippen LogP) is 1.96. The van der Waals surface area contributed by atoms with Gasteiger partial charge in [-0.05, 0) is 43.7 Å². The first kappa shape index (κ1) is 20.6. The number of benzene rings is 2. The Labute approximate surface area is 160 Å². The van der Waals surface area contributed by atoms with Crippen LogP contribution in [-0.4, -0.2) is 40.2 Å². The fourth-order valence-electron chi connectivity index (χ4n) is 2.42. The van der Waals surface area contributed by atoms with Crippen LogP contribution in [0, 0.1) is 0 Å². The van der Waals surface area contributed by atoms with Crippen LogP contribution in [0.15, 0.2) is 64.6 Å². The summed E-state index contributed by atoms with van der Waals surface area (Å²) in [7, 11) is -3.72. The largest absolute Gasteiger partial charge is 0.372 e. The van der Waals surface area contributed by atoms with Gasteiger partial charge in [-0.25, -0.2) is 18.6 Å². The number of hydrogen-bond acceptors (Lipinski definition) is 5. The molecule has 0 aliphatic carbocycles. The first-order valence-corrected chi connectivity index (χ1v) is 10.2. The molecule has 0 aliphatic rings. The van der Waals surface area contributed by atoms with Crippen molar-refractivity contribution in [1.29, 1.82) is 0 Å². The van der Waals surface area contributed by atoms with Gasteiger partial charge in [0, 0.05) is 18.8 Å². The maximum absolute atomic E-state index is 12.0. The van der Waals surface area contributed by atoms with Gasteiger partial charge < -0.3 is 4.90 Å². The summed E-state index contributed by atoms with van der Waals surface area (Å²) in [6, 6.07) is 15.7. The molecule has 2 N–H and O–H groups in total. The van der Waals surface area contributed by atoms with E-state index < -0.39 is 22.5 Å². The van der Waals surface area contributed by atoms with Crippen molar-refractivity contribution < 1.29 is 13.2 Å². The number of nitrogens with one attached hydrogen (secondary N) is 2. The van der Waals surface area contributed by atoms with Crippen molar-refractivity contribution in [3.63, 3.8) is 0 Å². The highest BCUT2D eigenvalue weighted by Gasteiger charge is 2.14. The molecule has 0 unspecified atom stereocenters. The van der Waals surface area contributed by atoms with E-state index >= 15 is 0 Å². The van der Waals surface area contributed by atoms with Gasteiger partial charge in [-0.15, -0.1) is 0 Å². The van der Waals surface area contributed by atoms with E-state index in [2.05, 4.69) is 34.0 Å². The van der Waals surface area contributed by atoms with E-state index in [0.29, 0.717) is 0 Å². The number of sulfonamides is 1. The van der Waals surface area contributed by atoms with E-state index in [0.717, 1.165) is 24.3 Å². The molecule has 2 aromatic carbocycles. The van der Waals surface area contributed by atoms with Crippen molar-refractivity contribution in [2.45, 2.75) is 18.7 Å². The normalized spacial score (nSPS) is 11.5. The van der Waals surface area contributed by atoms with E-state index in [1.54, 1.807) is 18.2 Å². The summed E-state index contributed by atoms with van der Waals surface area (Å²) in [4.78, 5) is 14.1. The second kappa shape index (κ2) is 9.84. The third kappa shape index (κ3) is 6.19. The Morgan fingerprint density at radius 3 is 2.26 bits per heavy atom. The Bertz CT molecular complexity index is 862. The molecular weight excluding hydrogens is 364 g/mol. The SMILES string of the molecule is CCN(CC)c1ccc(/C=N\NC(=O)CNS(=O)(=O)c2ccccc2)cc1. The summed E-state index contributed by atoms with van der Waals surface area (Å²) in [5.74, 6) is -0.550. The standard InChI is InChI=1S/C19H24N4O3S/c1-3-23(4-2)17-12-10-16(11-13-17)14-20-22-19(24)15-21-27(25,26)18-8-6-5-7-9-18/h5-14,21H,3-4,15H2,1-2H3,(H,22,24)/b20-14-. The topological polar surface area (TPSA) is 90.9 Å². The van der Waals surface area contributed by atoms with Crippen LogP contribution in [0.1, 0.15) is 19.4 Å². The number of hydrazone groups is 1. The van der Waals surface area contributed by atoms with Crippen molar-refractivity contribution >= 4 is 27.8 Å². The maximum Gasteiger partial charge on any atom is 0.255 e. The highest BCUT2D eigenvalue weighted by Crippen LogP contribution is 2.13. The minimum atomic E-state index is -3.72. The zero-order chi connectivity index (χ0) is 19.7. The average Bonchev–Trinajstić information content (AvgIpc) is 2.69. The second-order valence-electron chi connectivity index (χ2n) is 5.69. The van der Waals surface area contributed by atoms with Crippen molar-refractivity contribution in [3.05, 3.63) is 60.2 Å². The summed E-state index contributed by atoms with van der Waals surface area (Å²) in [6.45, 7) is 5.66. The maximum atomic E-state index is 12.0. The van der Waals surface area contributed by atoms with Gasteiger partial charge in [0.05, 0.1) is 17.7 Å². The lowest BCUT2D eigenvalue weighted by atomic mass is 10.2. The number of rotatable bonds is 9. The van der Waals surface area contributed by atoms with Crippen molar-refractivity contribution in [2.75, 3.05) is 24.5 Å². The molecule has 0 radical (unpaired) electrons. The van der Waals surface area contributed by atoms with Crippen LogP contribution in [0.25, 0.3) is 0 Å². The first-order chi connectivity index (χ1) is 13.0. The monoisotopic (exact) mass is 388 g/mol. The summed E-state index contributed by atoms with van der Waals surface area (Å²) in [6.07, 6.45) is 1.51. The van der Waals surface area contributed by atoms with E-state index in [1.807, 2.05) is 24.3 Å². The number of carbonyl (C=O) groups is 1. The number of hydrogen-bond donors (Lipinski definition) is 2. The van der Waals surface area contributed by atoms with Crippen LogP contribution in [0.3, 0.4) is 0 Å². The molecule has 0 spiro atoms. The third-order valence-corrected chi connectivity index (χ3v) is 5.32. The molecule has 0 heterocycles. The summed E-state index contributed by atoms with van der Waals surface area (Å²) in [5, 5.41) is 3.86. The van der Waals surface area contributed by atoms with Crippen LogP contribution < -0.4 is 15.0 Å². The van der Waals surface area contributed by atoms with Crippen LogP contribution in [0.4, 0.5) is 5.69 Å². The average molecular weight is 388 g/mol. The van der Waals surface area contributed by atoms with Gasteiger partial charge >= 0.3 is 0 Å². The molecule has 2 rings (SSSR count). The number of amides is 1. The summed E-state index contributed by atoms with van der Waals surface area (Å²) in [5.41, 5.74) is 4.26. The predicted molar refractivity (Wildman–Crippen MR) is 107 cm³/mol. The van der Waals surface area contributed by atoms with E-state index in [1.165, 1.54) is 18.3 Å². The Hall–Kier alpha value is -2.71. The van der Waals surface area contributed by atoms with Crippen LogP contribution in [0.2, 0.25) is 0 Å². The third-order valence-electron chi connectivity index (χ3n) is 3.90. The molecule has 0 saturated heterocycles. The van der Waals surface area contributed by atoms with E-state index in [4.69, 9.17) is 0 Å². The van der Waals surface area contributed by atoms with Gasteiger partial charge in [0.15, 0.2) is 0 Å². The van der Waals surface area contributed by atoms with Crippen molar-refractivity contribution in [3.8, 4) is 0 Å². The second-order valence-corrected chi connectivity index (χ2v) is 7.46. The molecule has 7 nitrogen and oxygen atoms in total. The molecule has 144 valence electrons. The van der Waals surface area contributed by atoms with Gasteiger partial charge in [0.2, 0.25) is 10.0 Å². The molecule has 8 heteroatoms. The molecular formula is C19H24N4O3S. The molecule has 0 aromatic heterocycles. The van der Waals surface area contributed by atoms with E-state index in [-0.39, 0.29) is 4.90 Å². The molecule has 0 fully saturated rings. The molecule has 1 amide bonds. The van der Waals surface area contributed by atoms with Gasteiger partial charge in [0.25, 0.3) is 5.91 Å². The minimum absolute atomic E-state index is 0.106. The van der Waals surface area contributed by atoms with Gasteiger partial charge in [0.1, 0.15) is 0 Å². The summed E-state index contributed by atoms with van der Waals surface area (Å²) >= 11 is 0. The lowest BCUT2D eigenvalue weighted by molar-refractivity contribution is -0.119. The Kier molecular flexibility index (Phi) is 7.51. The van der Waals surface area contributed by atoms with Gasteiger partial charge in [-0.1, -0.05) is 30.3 Å². The smallest absolute Gasteiger partial charge is 0.255 e. The molecule has 27 heavy (non-hydrogen) atoms. The van der Waals surface area contributed by atoms with Gasteiger partial charge in [-0.3, -0.25) is 4.79 Å². The Morgan fingerprint density at radius 1 is 1.04 bits per heavy atom. The Balaban J connectivity index is 1.85. The Morgan fingerprint density at radius 2 is 1.67 bits per heavy atom. The van der Waals surface area contributed by atoms with Crippen molar-refractivity contribution in [2.24, 2.45) is 5.10 Å². The zero-order valence-corrected chi connectivity index (χ0v) is 16.2. The van der Waals surface area contributed by atoms with Crippen molar-refractivity contribution in [1.82, 2.24) is 10.1 Å². The lowest BCUT2D eigenvalue weighted by Crippen LogP contribution is -2.34. The lowest BCUT2D eigenvalue weighted by Gasteiger charge is -2.20. The van der Waals surface area contributed by atoms with Crippen LogP contribution in [0.5, 0.6) is 0 Å². The number of anilines is 1. The molecule has 0 saturated carbocycles. The van der Waals surface area contributed by atoms with Crippen LogP contribution >= 0.6 is 0 Å². The van der Waals surface area contributed by atoms with Crippen LogP contribution in [-0.2, 0) is 14.8 Å². The fraction of sp³-hybridized carbons (Fsp3) is 0.263. The number of nitrogens with zero attached hydrogens (tertiary/aromatic N) is 2. The zero-order valence-electron chi connectivity index (χ0n) is 15.4. The molecule has 0 aliphatic heterocycles. The fourth-order valence-corrected chi connectivity index (χ4v) is 3.43. The first-order valence-electron chi connectivity index (χ1n) is 8.68. The molecule has 0 bridgehead atoms. The summed E-state index contributed by atoms with van der Waals surface area (Å²) < 4.78 is 26.3. The highest BCUT2D eigenvalue weighted by molar-refractivity contribution is 7.89. The van der Waals surface area contributed by atoms with Gasteiger partial charge in [-0.2, -0.15) is 5.10 Å². The van der Waals surface area contributed by atoms with E-state index in [9.17, 15) is 13.2 Å². The molecule has 0 atom stereocenters. The minimum Gasteiger partial charge on any atom is -0.372 e. The number of carbonyl (C=O) groups excluding carboxylic acids is 1. The molecule has 2 aromatic rings. The highest BCUT2D eigenvalue weighted by atomic mass is 32.2.